The van der Waals surface area contributed by atoms with Crippen molar-refractivity contribution in [3.63, 3.8) is 0 Å². The van der Waals surface area contributed by atoms with E-state index in [1.54, 1.807) is 5.57 Å². The fraction of sp³-hybridized carbons (Fsp3) is 0.833. The highest BCUT2D eigenvalue weighted by Gasteiger charge is 2.35. The molecule has 13 heavy (non-hydrogen) atoms. The van der Waals surface area contributed by atoms with Crippen molar-refractivity contribution < 1.29 is 5.11 Å². The summed E-state index contributed by atoms with van der Waals surface area (Å²) in [6.45, 7) is 4.40. The molecular weight excluding hydrogens is 160 g/mol. The zero-order valence-corrected chi connectivity index (χ0v) is 8.77. The third kappa shape index (κ3) is 1.54. The molecule has 0 aromatic carbocycles. The summed E-state index contributed by atoms with van der Waals surface area (Å²) in [6.07, 6.45) is 7.20. The first-order valence-electron chi connectivity index (χ1n) is 5.50. The van der Waals surface area contributed by atoms with Crippen LogP contribution in [0.3, 0.4) is 0 Å². The van der Waals surface area contributed by atoms with E-state index in [0.29, 0.717) is 0 Å². The van der Waals surface area contributed by atoms with Crippen LogP contribution in [-0.4, -0.2) is 11.2 Å². The lowest BCUT2D eigenvalue weighted by molar-refractivity contribution is 0.0736. The number of rotatable bonds is 0. The molecule has 0 aliphatic heterocycles. The highest BCUT2D eigenvalue weighted by Crippen LogP contribution is 2.43. The second kappa shape index (κ2) is 3.13. The first-order chi connectivity index (χ1) is 6.11. The standard InChI is InChI=1S/C12H20O/c1-12(2)8-4-6-9-5-3-7-10(9)11(12)13/h11,13H,3-8H2,1-2H3. The minimum atomic E-state index is -0.160. The van der Waals surface area contributed by atoms with Gasteiger partial charge >= 0.3 is 0 Å². The molecule has 74 valence electrons. The normalized spacial score (nSPS) is 33.0. The zero-order valence-electron chi connectivity index (χ0n) is 8.77. The minimum Gasteiger partial charge on any atom is -0.388 e. The SMILES string of the molecule is CC1(C)CCCC2=C(CCC2)C1O. The van der Waals surface area contributed by atoms with Gasteiger partial charge in [-0.3, -0.25) is 0 Å². The molecule has 1 unspecified atom stereocenters. The number of allylic oxidation sites excluding steroid dienone is 1. The molecule has 0 saturated heterocycles. The summed E-state index contributed by atoms with van der Waals surface area (Å²) in [5.41, 5.74) is 3.09. The molecule has 1 heteroatoms. The van der Waals surface area contributed by atoms with Crippen LogP contribution in [0.15, 0.2) is 11.1 Å². The molecule has 0 fully saturated rings. The first kappa shape index (κ1) is 9.26. The van der Waals surface area contributed by atoms with Gasteiger partial charge in [-0.2, -0.15) is 0 Å². The third-order valence-electron chi connectivity index (χ3n) is 3.75. The number of aliphatic hydroxyl groups is 1. The van der Waals surface area contributed by atoms with E-state index in [1.165, 1.54) is 37.7 Å². The van der Waals surface area contributed by atoms with E-state index >= 15 is 0 Å². The van der Waals surface area contributed by atoms with Gasteiger partial charge in [0.15, 0.2) is 0 Å². The summed E-state index contributed by atoms with van der Waals surface area (Å²) < 4.78 is 0. The Bertz CT molecular complexity index is 238. The van der Waals surface area contributed by atoms with Crippen LogP contribution in [0.4, 0.5) is 0 Å². The third-order valence-corrected chi connectivity index (χ3v) is 3.75. The van der Waals surface area contributed by atoms with Gasteiger partial charge in [-0.15, -0.1) is 0 Å². The molecule has 1 nitrogen and oxygen atoms in total. The van der Waals surface area contributed by atoms with Crippen LogP contribution in [-0.2, 0) is 0 Å². The van der Waals surface area contributed by atoms with Crippen molar-refractivity contribution in [2.75, 3.05) is 0 Å². The Hall–Kier alpha value is -0.300. The van der Waals surface area contributed by atoms with Crippen LogP contribution in [0.2, 0.25) is 0 Å². The van der Waals surface area contributed by atoms with E-state index < -0.39 is 0 Å². The Morgan fingerprint density at radius 2 is 1.85 bits per heavy atom. The van der Waals surface area contributed by atoms with Gasteiger partial charge in [0.2, 0.25) is 0 Å². The van der Waals surface area contributed by atoms with E-state index in [4.69, 9.17) is 0 Å². The minimum absolute atomic E-state index is 0.113. The van der Waals surface area contributed by atoms with Gasteiger partial charge < -0.3 is 5.11 Å². The van der Waals surface area contributed by atoms with E-state index in [0.717, 1.165) is 6.42 Å². The predicted octanol–water partition coefficient (Wildman–Crippen LogP) is 3.04. The quantitative estimate of drug-likeness (QED) is 0.568. The topological polar surface area (TPSA) is 20.2 Å². The summed E-state index contributed by atoms with van der Waals surface area (Å²) in [4.78, 5) is 0. The molecule has 2 aliphatic carbocycles. The van der Waals surface area contributed by atoms with E-state index in [9.17, 15) is 5.11 Å². The lowest BCUT2D eigenvalue weighted by atomic mass is 9.80. The Balaban J connectivity index is 2.28. The second-order valence-electron chi connectivity index (χ2n) is 5.23. The molecule has 1 atom stereocenters. The number of hydrogen-bond donors (Lipinski definition) is 1. The van der Waals surface area contributed by atoms with Crippen molar-refractivity contribution in [1.82, 2.24) is 0 Å². The maximum Gasteiger partial charge on any atom is 0.0803 e. The molecule has 0 radical (unpaired) electrons. The fourth-order valence-electron chi connectivity index (χ4n) is 2.81. The van der Waals surface area contributed by atoms with E-state index in [-0.39, 0.29) is 11.5 Å². The highest BCUT2D eigenvalue weighted by atomic mass is 16.3. The Labute approximate surface area is 80.8 Å². The van der Waals surface area contributed by atoms with E-state index in [1.807, 2.05) is 0 Å². The van der Waals surface area contributed by atoms with Crippen molar-refractivity contribution in [1.29, 1.82) is 0 Å². The van der Waals surface area contributed by atoms with Crippen LogP contribution in [0.1, 0.15) is 52.4 Å². The van der Waals surface area contributed by atoms with Gasteiger partial charge in [0.05, 0.1) is 6.10 Å². The van der Waals surface area contributed by atoms with Crippen LogP contribution in [0.25, 0.3) is 0 Å². The molecule has 2 aliphatic rings. The molecular formula is C12H20O. The van der Waals surface area contributed by atoms with Crippen molar-refractivity contribution in [2.24, 2.45) is 5.41 Å². The van der Waals surface area contributed by atoms with Gasteiger partial charge in [-0.1, -0.05) is 19.4 Å². The molecule has 0 bridgehead atoms. The Morgan fingerprint density at radius 3 is 2.62 bits per heavy atom. The van der Waals surface area contributed by atoms with Gasteiger partial charge in [0, 0.05) is 0 Å². The zero-order chi connectivity index (χ0) is 9.47. The van der Waals surface area contributed by atoms with Crippen molar-refractivity contribution in [3.8, 4) is 0 Å². The van der Waals surface area contributed by atoms with Gasteiger partial charge in [-0.25, -0.2) is 0 Å². The average Bonchev–Trinajstić information content (AvgIpc) is 2.47. The molecule has 0 amide bonds. The van der Waals surface area contributed by atoms with Crippen LogP contribution >= 0.6 is 0 Å². The average molecular weight is 180 g/mol. The summed E-state index contributed by atoms with van der Waals surface area (Å²) in [5, 5.41) is 10.2. The van der Waals surface area contributed by atoms with Gasteiger partial charge in [0.25, 0.3) is 0 Å². The molecule has 0 spiro atoms. The van der Waals surface area contributed by atoms with Gasteiger partial charge in [-0.05, 0) is 49.5 Å². The smallest absolute Gasteiger partial charge is 0.0803 e. The fourth-order valence-corrected chi connectivity index (χ4v) is 2.81. The van der Waals surface area contributed by atoms with Crippen molar-refractivity contribution >= 4 is 0 Å². The Kier molecular flexibility index (Phi) is 2.23. The highest BCUT2D eigenvalue weighted by molar-refractivity contribution is 5.26. The molecule has 0 saturated carbocycles. The lowest BCUT2D eigenvalue weighted by Crippen LogP contribution is -2.29. The molecule has 0 aromatic heterocycles. The lowest BCUT2D eigenvalue weighted by Gasteiger charge is -2.30. The summed E-state index contributed by atoms with van der Waals surface area (Å²) in [6, 6.07) is 0. The molecule has 0 aromatic rings. The molecule has 1 N–H and O–H groups in total. The summed E-state index contributed by atoms with van der Waals surface area (Å²) in [5.74, 6) is 0. The van der Waals surface area contributed by atoms with Crippen molar-refractivity contribution in [3.05, 3.63) is 11.1 Å². The van der Waals surface area contributed by atoms with Gasteiger partial charge in [0.1, 0.15) is 0 Å². The monoisotopic (exact) mass is 180 g/mol. The molecule has 0 heterocycles. The maximum absolute atomic E-state index is 10.2. The first-order valence-corrected chi connectivity index (χ1v) is 5.50. The van der Waals surface area contributed by atoms with Crippen LogP contribution < -0.4 is 0 Å². The van der Waals surface area contributed by atoms with Crippen LogP contribution in [0, 0.1) is 5.41 Å². The summed E-state index contributed by atoms with van der Waals surface area (Å²) in [7, 11) is 0. The maximum atomic E-state index is 10.2. The van der Waals surface area contributed by atoms with Crippen LogP contribution in [0.5, 0.6) is 0 Å². The Morgan fingerprint density at radius 1 is 1.15 bits per heavy atom. The summed E-state index contributed by atoms with van der Waals surface area (Å²) >= 11 is 0. The number of aliphatic hydroxyl groups excluding tert-OH is 1. The predicted molar refractivity (Wildman–Crippen MR) is 54.5 cm³/mol. The van der Waals surface area contributed by atoms with Crippen molar-refractivity contribution in [2.45, 2.75) is 58.5 Å². The molecule has 2 rings (SSSR count). The number of hydrogen-bond acceptors (Lipinski definition) is 1. The second-order valence-corrected chi connectivity index (χ2v) is 5.23. The largest absolute Gasteiger partial charge is 0.388 e. The van der Waals surface area contributed by atoms with E-state index in [2.05, 4.69) is 13.8 Å².